The van der Waals surface area contributed by atoms with Crippen LogP contribution < -0.4 is 10.9 Å². The zero-order valence-corrected chi connectivity index (χ0v) is 14.6. The molecule has 0 fully saturated rings. The largest absolute Gasteiger partial charge is 0.346 e. The number of thiazole rings is 1. The van der Waals surface area contributed by atoms with E-state index >= 15 is 0 Å². The second-order valence-electron chi connectivity index (χ2n) is 5.67. The molecular formula is C17H18N4O2S. The highest BCUT2D eigenvalue weighted by Crippen LogP contribution is 2.15. The molecule has 0 radical (unpaired) electrons. The molecule has 6 nitrogen and oxygen atoms in total. The number of nitrogens with zero attached hydrogens (tertiary/aromatic N) is 3. The van der Waals surface area contributed by atoms with Crippen molar-refractivity contribution in [1.82, 2.24) is 20.1 Å². The Balaban J connectivity index is 1.81. The predicted octanol–water partition coefficient (Wildman–Crippen LogP) is 2.35. The van der Waals surface area contributed by atoms with Gasteiger partial charge in [-0.1, -0.05) is 18.2 Å². The van der Waals surface area contributed by atoms with Crippen LogP contribution in [0.15, 0.2) is 34.4 Å². The van der Waals surface area contributed by atoms with Crippen molar-refractivity contribution in [3.05, 3.63) is 56.4 Å². The van der Waals surface area contributed by atoms with E-state index in [4.69, 9.17) is 0 Å². The molecule has 0 aliphatic carbocycles. The summed E-state index contributed by atoms with van der Waals surface area (Å²) in [6.45, 7) is 5.51. The number of rotatable bonds is 4. The molecule has 1 amide bonds. The van der Waals surface area contributed by atoms with Crippen molar-refractivity contribution in [3.63, 3.8) is 0 Å². The summed E-state index contributed by atoms with van der Waals surface area (Å²) in [6, 6.07) is 7.07. The smallest absolute Gasteiger partial charge is 0.275 e. The summed E-state index contributed by atoms with van der Waals surface area (Å²) < 4.78 is 1.21. The Kier molecular flexibility index (Phi) is 4.44. The molecule has 124 valence electrons. The van der Waals surface area contributed by atoms with Crippen molar-refractivity contribution < 1.29 is 4.79 Å². The zero-order chi connectivity index (χ0) is 17.3. The van der Waals surface area contributed by atoms with Crippen molar-refractivity contribution in [3.8, 4) is 0 Å². The third-order valence-electron chi connectivity index (χ3n) is 3.80. The molecule has 0 spiro atoms. The zero-order valence-electron chi connectivity index (χ0n) is 13.7. The van der Waals surface area contributed by atoms with Gasteiger partial charge in [0.15, 0.2) is 0 Å². The van der Waals surface area contributed by atoms with Gasteiger partial charge in [-0.05, 0) is 26.8 Å². The van der Waals surface area contributed by atoms with E-state index in [0.717, 1.165) is 21.8 Å². The van der Waals surface area contributed by atoms with E-state index < -0.39 is 0 Å². The van der Waals surface area contributed by atoms with Crippen LogP contribution in [0.1, 0.15) is 29.4 Å². The van der Waals surface area contributed by atoms with Crippen LogP contribution in [0.5, 0.6) is 0 Å². The maximum Gasteiger partial charge on any atom is 0.275 e. The minimum atomic E-state index is -0.266. The number of fused-ring (bicyclic) bond motifs is 1. The summed E-state index contributed by atoms with van der Waals surface area (Å²) in [5.41, 5.74) is 1.28. The molecule has 0 saturated heterocycles. The third-order valence-corrected chi connectivity index (χ3v) is 4.60. The molecule has 2 aromatic heterocycles. The minimum Gasteiger partial charge on any atom is -0.346 e. The second-order valence-corrected chi connectivity index (χ2v) is 6.74. The molecule has 0 aliphatic rings. The van der Waals surface area contributed by atoms with Crippen LogP contribution in [0.2, 0.25) is 0 Å². The van der Waals surface area contributed by atoms with E-state index in [-0.39, 0.29) is 24.1 Å². The highest BCUT2D eigenvalue weighted by molar-refractivity contribution is 7.09. The number of hydrogen-bond acceptors (Lipinski definition) is 5. The minimum absolute atomic E-state index is 0.113. The number of carbonyl (C=O) groups is 1. The first-order valence-electron chi connectivity index (χ1n) is 7.63. The van der Waals surface area contributed by atoms with Crippen LogP contribution >= 0.6 is 11.3 Å². The fourth-order valence-corrected chi connectivity index (χ4v) is 3.29. The second kappa shape index (κ2) is 6.52. The molecule has 24 heavy (non-hydrogen) atoms. The molecule has 0 aliphatic heterocycles. The number of hydrogen-bond donors (Lipinski definition) is 1. The van der Waals surface area contributed by atoms with E-state index in [1.54, 1.807) is 12.1 Å². The van der Waals surface area contributed by atoms with Crippen LogP contribution in [0.3, 0.4) is 0 Å². The van der Waals surface area contributed by atoms with Crippen LogP contribution in [0.4, 0.5) is 0 Å². The standard InChI is InChI=1S/C17H18N4O2S/c1-10-13-6-4-5-7-14(13)17(23)21(20-10)8-16(22)18-11(2)15-9-24-12(3)19-15/h4-7,9,11H,8H2,1-3H3,(H,18,22)/t11-/m1/s1. The number of aryl methyl sites for hydroxylation is 2. The first-order valence-corrected chi connectivity index (χ1v) is 8.51. The number of amides is 1. The molecule has 3 aromatic rings. The van der Waals surface area contributed by atoms with Crippen LogP contribution in [-0.2, 0) is 11.3 Å². The maximum absolute atomic E-state index is 12.5. The van der Waals surface area contributed by atoms with Crippen LogP contribution in [0.25, 0.3) is 10.8 Å². The van der Waals surface area contributed by atoms with Crippen molar-refractivity contribution in [2.45, 2.75) is 33.4 Å². The van der Waals surface area contributed by atoms with Gasteiger partial charge in [-0.3, -0.25) is 9.59 Å². The summed E-state index contributed by atoms with van der Waals surface area (Å²) in [6.07, 6.45) is 0. The van der Waals surface area contributed by atoms with Crippen molar-refractivity contribution in [2.24, 2.45) is 0 Å². The Morgan fingerprint density at radius 1 is 1.29 bits per heavy atom. The van der Waals surface area contributed by atoms with Crippen molar-refractivity contribution in [2.75, 3.05) is 0 Å². The monoisotopic (exact) mass is 342 g/mol. The Morgan fingerprint density at radius 2 is 2.00 bits per heavy atom. The quantitative estimate of drug-likeness (QED) is 0.789. The molecule has 1 atom stereocenters. The Hall–Kier alpha value is -2.54. The summed E-state index contributed by atoms with van der Waals surface area (Å²) in [5.74, 6) is -0.266. The fraction of sp³-hybridized carbons (Fsp3) is 0.294. The van der Waals surface area contributed by atoms with Gasteiger partial charge in [0.25, 0.3) is 5.56 Å². The van der Waals surface area contributed by atoms with Gasteiger partial charge in [0.2, 0.25) is 5.91 Å². The van der Waals surface area contributed by atoms with Crippen molar-refractivity contribution >= 4 is 28.0 Å². The number of carbonyl (C=O) groups excluding carboxylic acids is 1. The lowest BCUT2D eigenvalue weighted by molar-refractivity contribution is -0.122. The normalized spacial score (nSPS) is 12.3. The maximum atomic E-state index is 12.5. The predicted molar refractivity (Wildman–Crippen MR) is 94.1 cm³/mol. The highest BCUT2D eigenvalue weighted by Gasteiger charge is 2.15. The Bertz CT molecular complexity index is 961. The number of benzene rings is 1. The van der Waals surface area contributed by atoms with E-state index in [2.05, 4.69) is 15.4 Å². The highest BCUT2D eigenvalue weighted by atomic mass is 32.1. The Morgan fingerprint density at radius 3 is 2.67 bits per heavy atom. The lowest BCUT2D eigenvalue weighted by atomic mass is 10.1. The first kappa shape index (κ1) is 16.3. The van der Waals surface area contributed by atoms with E-state index in [1.165, 1.54) is 16.0 Å². The van der Waals surface area contributed by atoms with Crippen molar-refractivity contribution in [1.29, 1.82) is 0 Å². The molecule has 0 saturated carbocycles. The summed E-state index contributed by atoms with van der Waals surface area (Å²) >= 11 is 1.54. The van der Waals surface area contributed by atoms with Gasteiger partial charge in [0.05, 0.1) is 27.8 Å². The number of nitrogens with one attached hydrogen (secondary N) is 1. The van der Waals surface area contributed by atoms with E-state index in [9.17, 15) is 9.59 Å². The molecule has 0 unspecified atom stereocenters. The SMILES string of the molecule is Cc1nc([C@@H](C)NC(=O)Cn2nc(C)c3ccccc3c2=O)cs1. The summed E-state index contributed by atoms with van der Waals surface area (Å²) in [5, 5.41) is 11.4. The molecule has 1 aromatic carbocycles. The molecular weight excluding hydrogens is 324 g/mol. The molecule has 7 heteroatoms. The lowest BCUT2D eigenvalue weighted by Crippen LogP contribution is -2.35. The fourth-order valence-electron chi connectivity index (χ4n) is 2.59. The molecule has 2 heterocycles. The van der Waals surface area contributed by atoms with Crippen LogP contribution in [-0.4, -0.2) is 20.7 Å². The lowest BCUT2D eigenvalue weighted by Gasteiger charge is -2.13. The van der Waals surface area contributed by atoms with Gasteiger partial charge < -0.3 is 5.32 Å². The van der Waals surface area contributed by atoms with Gasteiger partial charge in [0.1, 0.15) is 6.54 Å². The molecule has 3 rings (SSSR count). The average Bonchev–Trinajstić information content (AvgIpc) is 2.99. The topological polar surface area (TPSA) is 76.9 Å². The van der Waals surface area contributed by atoms with Gasteiger partial charge in [-0.25, -0.2) is 9.67 Å². The average molecular weight is 342 g/mol. The van der Waals surface area contributed by atoms with E-state index in [0.29, 0.717) is 5.39 Å². The van der Waals surface area contributed by atoms with Crippen LogP contribution in [0, 0.1) is 13.8 Å². The summed E-state index contributed by atoms with van der Waals surface area (Å²) in [7, 11) is 0. The first-order chi connectivity index (χ1) is 11.5. The van der Waals surface area contributed by atoms with Gasteiger partial charge in [-0.15, -0.1) is 11.3 Å². The van der Waals surface area contributed by atoms with Gasteiger partial charge in [-0.2, -0.15) is 5.10 Å². The molecule has 0 bridgehead atoms. The van der Waals surface area contributed by atoms with Gasteiger partial charge in [0, 0.05) is 10.8 Å². The van der Waals surface area contributed by atoms with Gasteiger partial charge >= 0.3 is 0 Å². The Labute approximate surface area is 143 Å². The number of aromatic nitrogens is 3. The molecule has 1 N–H and O–H groups in total. The summed E-state index contributed by atoms with van der Waals surface area (Å²) in [4.78, 5) is 29.1. The van der Waals surface area contributed by atoms with E-state index in [1.807, 2.05) is 38.3 Å². The third kappa shape index (κ3) is 3.21.